The van der Waals surface area contributed by atoms with E-state index in [9.17, 15) is 14.0 Å². The summed E-state index contributed by atoms with van der Waals surface area (Å²) in [6.07, 6.45) is 9.41. The van der Waals surface area contributed by atoms with Crippen LogP contribution >= 0.6 is 0 Å². The Hall–Kier alpha value is -4.08. The van der Waals surface area contributed by atoms with E-state index in [4.69, 9.17) is 14.3 Å². The first-order valence-corrected chi connectivity index (χ1v) is 12.2. The van der Waals surface area contributed by atoms with Gasteiger partial charge in [-0.2, -0.15) is 0 Å². The lowest BCUT2D eigenvalue weighted by atomic mass is 9.96. The van der Waals surface area contributed by atoms with Gasteiger partial charge in [0.25, 0.3) is 0 Å². The number of hydrogen-bond donors (Lipinski definition) is 1. The molecule has 0 saturated carbocycles. The topological polar surface area (TPSA) is 98.2 Å². The van der Waals surface area contributed by atoms with Crippen LogP contribution in [-0.4, -0.2) is 52.2 Å². The highest BCUT2D eigenvalue weighted by atomic mass is 19.1. The molecule has 9 nitrogen and oxygen atoms in total. The van der Waals surface area contributed by atoms with Crippen molar-refractivity contribution in [1.82, 2.24) is 14.5 Å². The van der Waals surface area contributed by atoms with Gasteiger partial charge in [-0.3, -0.25) is 4.57 Å². The van der Waals surface area contributed by atoms with Crippen molar-refractivity contribution >= 4 is 17.9 Å². The maximum Gasteiger partial charge on any atom is 0.375 e. The highest BCUT2D eigenvalue weighted by Gasteiger charge is 2.54. The van der Waals surface area contributed by atoms with Gasteiger partial charge in [0.15, 0.2) is 5.84 Å². The maximum atomic E-state index is 13.7. The standard InChI is InChI=1S/C27H31FN4O5/c1-5-21(28)10-7-13-27(25(33)36-6-2)32-14-8-9-20(24(32)30-37-27)15-19-11-12-22(23(16-19)35-4)31-17-18(3)29-26(31)34/h5,7,10-12,15-17H,6,8-9,13-14H2,1-4H3,(H,29,34)/b10-7-,20-15+,21-5+. The molecule has 1 atom stereocenters. The van der Waals surface area contributed by atoms with E-state index in [1.54, 1.807) is 38.1 Å². The number of imidazole rings is 1. The largest absolute Gasteiger partial charge is 0.495 e. The molecule has 1 aromatic carbocycles. The number of oxime groups is 1. The minimum Gasteiger partial charge on any atom is -0.495 e. The summed E-state index contributed by atoms with van der Waals surface area (Å²) >= 11 is 0. The minimum atomic E-state index is -1.50. The van der Waals surface area contributed by atoms with Gasteiger partial charge in [0.2, 0.25) is 0 Å². The van der Waals surface area contributed by atoms with Gasteiger partial charge in [-0.05, 0) is 69.0 Å². The number of H-pyrrole nitrogens is 1. The van der Waals surface area contributed by atoms with Gasteiger partial charge in [-0.1, -0.05) is 23.4 Å². The Morgan fingerprint density at radius 2 is 2.19 bits per heavy atom. The lowest BCUT2D eigenvalue weighted by molar-refractivity contribution is -0.185. The Labute approximate surface area is 214 Å². The van der Waals surface area contributed by atoms with Gasteiger partial charge in [0, 0.05) is 24.9 Å². The van der Waals surface area contributed by atoms with Crippen LogP contribution in [0.3, 0.4) is 0 Å². The number of rotatable bonds is 8. The molecule has 0 spiro atoms. The quantitative estimate of drug-likeness (QED) is 0.418. The van der Waals surface area contributed by atoms with E-state index >= 15 is 0 Å². The van der Waals surface area contributed by atoms with E-state index in [2.05, 4.69) is 10.1 Å². The van der Waals surface area contributed by atoms with Crippen LogP contribution in [0.5, 0.6) is 5.75 Å². The number of allylic oxidation sites excluding steroid dienone is 3. The molecule has 1 fully saturated rings. The van der Waals surface area contributed by atoms with Crippen molar-refractivity contribution in [3.8, 4) is 11.4 Å². The van der Waals surface area contributed by atoms with Crippen molar-refractivity contribution in [2.24, 2.45) is 5.16 Å². The maximum absolute atomic E-state index is 13.7. The predicted octanol–water partition coefficient (Wildman–Crippen LogP) is 4.38. The smallest absolute Gasteiger partial charge is 0.375 e. The molecule has 1 aromatic heterocycles. The van der Waals surface area contributed by atoms with Crippen molar-refractivity contribution in [2.75, 3.05) is 20.3 Å². The lowest BCUT2D eigenvalue weighted by Gasteiger charge is -2.37. The van der Waals surface area contributed by atoms with E-state index in [-0.39, 0.29) is 18.7 Å². The molecular weight excluding hydrogens is 479 g/mol. The number of aryl methyl sites for hydroxylation is 1. The van der Waals surface area contributed by atoms with Crippen molar-refractivity contribution in [1.29, 1.82) is 0 Å². The van der Waals surface area contributed by atoms with E-state index < -0.39 is 17.5 Å². The summed E-state index contributed by atoms with van der Waals surface area (Å²) in [5.74, 6) is 0.0927. The molecule has 2 aliphatic heterocycles. The third kappa shape index (κ3) is 5.09. The van der Waals surface area contributed by atoms with Crippen LogP contribution in [0.15, 0.2) is 64.0 Å². The van der Waals surface area contributed by atoms with E-state index in [1.807, 2.05) is 31.2 Å². The number of esters is 1. The number of hydrogen-bond acceptors (Lipinski definition) is 7. The molecule has 0 aliphatic carbocycles. The monoisotopic (exact) mass is 510 g/mol. The Bertz CT molecular complexity index is 1350. The summed E-state index contributed by atoms with van der Waals surface area (Å²) in [5.41, 5.74) is 1.33. The number of halogens is 1. The van der Waals surface area contributed by atoms with Gasteiger partial charge in [-0.15, -0.1) is 0 Å². The lowest BCUT2D eigenvalue weighted by Crippen LogP contribution is -2.56. The second-order valence-corrected chi connectivity index (χ2v) is 8.76. The SMILES string of the molecule is C/C=C(F)\C=C/CC1(C(=O)OCC)ON=C2/C(=C/c3ccc(-n4cc(C)[nH]c4=O)c(OC)c3)CCCN21. The van der Waals surface area contributed by atoms with Crippen molar-refractivity contribution in [3.63, 3.8) is 0 Å². The molecule has 0 amide bonds. The normalized spacial score (nSPS) is 20.7. The van der Waals surface area contributed by atoms with Gasteiger partial charge in [0.1, 0.15) is 11.6 Å². The number of aromatic amines is 1. The second-order valence-electron chi connectivity index (χ2n) is 8.76. The molecule has 1 saturated heterocycles. The van der Waals surface area contributed by atoms with Crippen LogP contribution in [0.2, 0.25) is 0 Å². The molecule has 2 aliphatic rings. The van der Waals surface area contributed by atoms with Gasteiger partial charge in [0.05, 0.1) is 19.4 Å². The zero-order chi connectivity index (χ0) is 26.6. The van der Waals surface area contributed by atoms with Crippen molar-refractivity contribution in [2.45, 2.75) is 45.8 Å². The molecule has 3 heterocycles. The van der Waals surface area contributed by atoms with Crippen LogP contribution < -0.4 is 10.4 Å². The van der Waals surface area contributed by atoms with Crippen LogP contribution in [0.25, 0.3) is 11.8 Å². The van der Waals surface area contributed by atoms with Crippen molar-refractivity contribution < 1.29 is 23.5 Å². The summed E-state index contributed by atoms with van der Waals surface area (Å²) in [5, 5.41) is 4.28. The number of carbonyl (C=O) groups excluding carboxylic acids is 1. The number of piperidine rings is 1. The number of methoxy groups -OCH3 is 1. The van der Waals surface area contributed by atoms with Crippen molar-refractivity contribution in [3.05, 3.63) is 75.8 Å². The van der Waals surface area contributed by atoms with Crippen LogP contribution in [-0.2, 0) is 14.4 Å². The summed E-state index contributed by atoms with van der Waals surface area (Å²) < 4.78 is 26.1. The highest BCUT2D eigenvalue weighted by molar-refractivity contribution is 6.05. The van der Waals surface area contributed by atoms with E-state index in [1.165, 1.54) is 16.7 Å². The summed E-state index contributed by atoms with van der Waals surface area (Å²) in [6, 6.07) is 5.54. The second kappa shape index (κ2) is 10.9. The number of fused-ring (bicyclic) bond motifs is 1. The number of amidine groups is 1. The van der Waals surface area contributed by atoms with Crippen LogP contribution in [0, 0.1) is 6.92 Å². The molecular formula is C27H31FN4O5. The summed E-state index contributed by atoms with van der Waals surface area (Å²) in [6.45, 7) is 5.84. The van der Waals surface area contributed by atoms with Gasteiger partial charge < -0.3 is 24.2 Å². The molecule has 1 unspecified atom stereocenters. The summed E-state index contributed by atoms with van der Waals surface area (Å²) in [7, 11) is 1.55. The molecule has 4 rings (SSSR count). The fourth-order valence-corrected chi connectivity index (χ4v) is 4.51. The van der Waals surface area contributed by atoms with E-state index in [0.29, 0.717) is 23.8 Å². The van der Waals surface area contributed by atoms with E-state index in [0.717, 1.165) is 29.7 Å². The van der Waals surface area contributed by atoms with Crippen LogP contribution in [0.1, 0.15) is 44.4 Å². The molecule has 0 radical (unpaired) electrons. The number of aromatic nitrogens is 2. The number of carbonyl (C=O) groups is 1. The Morgan fingerprint density at radius 1 is 1.38 bits per heavy atom. The van der Waals surface area contributed by atoms with Gasteiger partial charge in [-0.25, -0.2) is 14.0 Å². The Morgan fingerprint density at radius 3 is 2.86 bits per heavy atom. The average Bonchev–Trinajstić information content (AvgIpc) is 3.44. The Kier molecular flexibility index (Phi) is 7.66. The molecule has 10 heteroatoms. The fraction of sp³-hybridized carbons (Fsp3) is 0.370. The highest BCUT2D eigenvalue weighted by Crippen LogP contribution is 2.37. The van der Waals surface area contributed by atoms with Crippen LogP contribution in [0.4, 0.5) is 4.39 Å². The number of nitrogens with one attached hydrogen (secondary N) is 1. The predicted molar refractivity (Wildman–Crippen MR) is 138 cm³/mol. The fourth-order valence-electron chi connectivity index (χ4n) is 4.51. The summed E-state index contributed by atoms with van der Waals surface area (Å²) in [4.78, 5) is 35.6. The third-order valence-corrected chi connectivity index (χ3v) is 6.28. The molecule has 37 heavy (non-hydrogen) atoms. The minimum absolute atomic E-state index is 0.0702. The average molecular weight is 511 g/mol. The zero-order valence-electron chi connectivity index (χ0n) is 21.4. The van der Waals surface area contributed by atoms with Gasteiger partial charge >= 0.3 is 17.4 Å². The molecule has 196 valence electrons. The number of ether oxygens (including phenoxy) is 2. The first-order valence-electron chi connectivity index (χ1n) is 12.2. The number of nitrogens with zero attached hydrogens (tertiary/aromatic N) is 3. The molecule has 2 aromatic rings. The molecule has 0 bridgehead atoms. The first-order chi connectivity index (χ1) is 17.8. The molecule has 1 N–H and O–H groups in total. The third-order valence-electron chi connectivity index (χ3n) is 6.28. The Balaban J connectivity index is 1.66. The number of benzene rings is 1. The first kappa shape index (κ1) is 26.0. The zero-order valence-corrected chi connectivity index (χ0v) is 21.4.